The van der Waals surface area contributed by atoms with E-state index in [1.54, 1.807) is 36.1 Å². The number of aryl methyl sites for hydroxylation is 1. The molecule has 0 aliphatic carbocycles. The molecule has 0 atom stereocenters. The van der Waals surface area contributed by atoms with Crippen LogP contribution in [-0.4, -0.2) is 54.1 Å². The maximum absolute atomic E-state index is 12.8. The number of carbonyl (C=O) groups excluding carboxylic acids is 2. The quantitative estimate of drug-likeness (QED) is 0.621. The minimum absolute atomic E-state index is 0.0270. The number of aromatic nitrogens is 1. The number of Topliss-reactive ketones (excluding diaryl/α,β-unsaturated/α-hetero) is 1. The largest absolute Gasteiger partial charge is 0.497 e. The number of alkyl halides is 3. The number of anilines is 1. The molecule has 1 heterocycles. The zero-order valence-corrected chi connectivity index (χ0v) is 17.5. The number of ether oxygens (including phenoxy) is 1. The maximum Gasteiger partial charge on any atom is 0.406 e. The average Bonchev–Trinajstić information content (AvgIpc) is 2.94. The minimum atomic E-state index is -4.37. The van der Waals surface area contributed by atoms with Gasteiger partial charge >= 0.3 is 6.18 Å². The molecule has 0 aliphatic rings. The smallest absolute Gasteiger partial charge is 0.406 e. The summed E-state index contributed by atoms with van der Waals surface area (Å²) in [7, 11) is 1.52. The number of halogens is 3. The molecule has 0 radical (unpaired) electrons. The molecule has 2 rings (SSSR count). The van der Waals surface area contributed by atoms with Crippen LogP contribution in [0.5, 0.6) is 5.75 Å². The first kappa shape index (κ1) is 23.5. The zero-order chi connectivity index (χ0) is 22.5. The lowest BCUT2D eigenvalue weighted by Gasteiger charge is -2.19. The Bertz CT molecular complexity index is 907. The van der Waals surface area contributed by atoms with Crippen LogP contribution in [0.3, 0.4) is 0 Å². The highest BCUT2D eigenvalue weighted by Crippen LogP contribution is 2.23. The number of nitrogens with one attached hydrogen (secondary N) is 1. The number of ketones is 1. The standard InChI is InChI=1S/C21H26F3N3O3/c1-5-26(12-20(29)25-16-7-6-8-17(10-16)30-4)11-19(28)18-9-14(2)27(15(18)3)13-21(22,23)24/h6-10H,5,11-13H2,1-4H3,(H,25,29). The third-order valence-electron chi connectivity index (χ3n) is 4.75. The van der Waals surface area contributed by atoms with Crippen molar-refractivity contribution in [2.24, 2.45) is 0 Å². The molecule has 30 heavy (non-hydrogen) atoms. The van der Waals surface area contributed by atoms with Gasteiger partial charge in [-0.25, -0.2) is 0 Å². The van der Waals surface area contributed by atoms with Crippen LogP contribution in [0.2, 0.25) is 0 Å². The van der Waals surface area contributed by atoms with Gasteiger partial charge in [-0.2, -0.15) is 13.2 Å². The number of hydrogen-bond acceptors (Lipinski definition) is 4. The van der Waals surface area contributed by atoms with E-state index in [9.17, 15) is 22.8 Å². The van der Waals surface area contributed by atoms with Crippen LogP contribution in [0.25, 0.3) is 0 Å². The fraction of sp³-hybridized carbons (Fsp3) is 0.429. The summed E-state index contributed by atoms with van der Waals surface area (Å²) in [5.41, 5.74) is 1.44. The summed E-state index contributed by atoms with van der Waals surface area (Å²) in [6, 6.07) is 8.36. The Morgan fingerprint density at radius 3 is 2.47 bits per heavy atom. The molecule has 0 fully saturated rings. The Kier molecular flexibility index (Phi) is 7.66. The molecule has 1 amide bonds. The van der Waals surface area contributed by atoms with E-state index >= 15 is 0 Å². The topological polar surface area (TPSA) is 63.6 Å². The van der Waals surface area contributed by atoms with Gasteiger partial charge in [-0.05, 0) is 38.6 Å². The average molecular weight is 425 g/mol. The highest BCUT2D eigenvalue weighted by Gasteiger charge is 2.30. The van der Waals surface area contributed by atoms with E-state index in [2.05, 4.69) is 5.32 Å². The van der Waals surface area contributed by atoms with Gasteiger partial charge in [0.15, 0.2) is 5.78 Å². The van der Waals surface area contributed by atoms with Crippen molar-refractivity contribution in [1.82, 2.24) is 9.47 Å². The van der Waals surface area contributed by atoms with Gasteiger partial charge in [0.25, 0.3) is 0 Å². The highest BCUT2D eigenvalue weighted by atomic mass is 19.4. The van der Waals surface area contributed by atoms with E-state index < -0.39 is 12.7 Å². The van der Waals surface area contributed by atoms with Crippen LogP contribution in [0, 0.1) is 13.8 Å². The van der Waals surface area contributed by atoms with Crippen LogP contribution in [0.15, 0.2) is 30.3 Å². The normalized spacial score (nSPS) is 11.6. The predicted molar refractivity (Wildman–Crippen MR) is 108 cm³/mol. The van der Waals surface area contributed by atoms with Crippen molar-refractivity contribution in [3.63, 3.8) is 0 Å². The Morgan fingerprint density at radius 2 is 1.87 bits per heavy atom. The molecule has 2 aromatic rings. The molecular weight excluding hydrogens is 399 g/mol. The van der Waals surface area contributed by atoms with Crippen molar-refractivity contribution >= 4 is 17.4 Å². The molecule has 0 unspecified atom stereocenters. The van der Waals surface area contributed by atoms with Gasteiger partial charge in [0.1, 0.15) is 12.3 Å². The first-order valence-corrected chi connectivity index (χ1v) is 9.47. The number of rotatable bonds is 9. The lowest BCUT2D eigenvalue weighted by Crippen LogP contribution is -2.37. The van der Waals surface area contributed by atoms with E-state index in [0.29, 0.717) is 23.7 Å². The van der Waals surface area contributed by atoms with Crippen molar-refractivity contribution in [2.75, 3.05) is 32.1 Å². The number of likely N-dealkylation sites (N-methyl/N-ethyl adjacent to an activating group) is 1. The molecule has 1 aromatic carbocycles. The van der Waals surface area contributed by atoms with Gasteiger partial charge in [-0.3, -0.25) is 14.5 Å². The number of methoxy groups -OCH3 is 1. The lowest BCUT2D eigenvalue weighted by atomic mass is 10.1. The molecule has 1 N–H and O–H groups in total. The summed E-state index contributed by atoms with van der Waals surface area (Å²) >= 11 is 0. The molecule has 0 saturated carbocycles. The first-order valence-electron chi connectivity index (χ1n) is 9.47. The fourth-order valence-electron chi connectivity index (χ4n) is 3.18. The van der Waals surface area contributed by atoms with Crippen LogP contribution in [-0.2, 0) is 11.3 Å². The Labute approximate surface area is 173 Å². The monoisotopic (exact) mass is 425 g/mol. The Hall–Kier alpha value is -2.81. The zero-order valence-electron chi connectivity index (χ0n) is 17.5. The molecule has 6 nitrogen and oxygen atoms in total. The van der Waals surface area contributed by atoms with Crippen LogP contribution in [0.4, 0.5) is 18.9 Å². The number of hydrogen-bond donors (Lipinski definition) is 1. The molecule has 1 aromatic heterocycles. The fourth-order valence-corrected chi connectivity index (χ4v) is 3.18. The van der Waals surface area contributed by atoms with Gasteiger partial charge < -0.3 is 14.6 Å². The maximum atomic E-state index is 12.8. The summed E-state index contributed by atoms with van der Waals surface area (Å²) in [4.78, 5) is 26.7. The first-order chi connectivity index (χ1) is 14.0. The SMILES string of the molecule is CCN(CC(=O)Nc1cccc(OC)c1)CC(=O)c1cc(C)n(CC(F)(F)F)c1C. The second kappa shape index (κ2) is 9.80. The van der Waals surface area contributed by atoms with Crippen molar-refractivity contribution in [3.8, 4) is 5.75 Å². The van der Waals surface area contributed by atoms with E-state index in [1.165, 1.54) is 27.0 Å². The van der Waals surface area contributed by atoms with Crippen molar-refractivity contribution in [1.29, 1.82) is 0 Å². The number of nitrogens with zero attached hydrogens (tertiary/aromatic N) is 2. The molecule has 164 valence electrons. The summed E-state index contributed by atoms with van der Waals surface area (Å²) in [5, 5.41) is 2.74. The highest BCUT2D eigenvalue weighted by molar-refractivity contribution is 5.99. The summed E-state index contributed by atoms with van der Waals surface area (Å²) in [5.74, 6) is -0.0301. The molecule has 0 bridgehead atoms. The third kappa shape index (κ3) is 6.35. The lowest BCUT2D eigenvalue weighted by molar-refractivity contribution is -0.141. The van der Waals surface area contributed by atoms with E-state index in [-0.39, 0.29) is 36.0 Å². The molecule has 0 aliphatic heterocycles. The van der Waals surface area contributed by atoms with Crippen LogP contribution >= 0.6 is 0 Å². The van der Waals surface area contributed by atoms with E-state index in [4.69, 9.17) is 4.74 Å². The van der Waals surface area contributed by atoms with Gasteiger partial charge in [-0.15, -0.1) is 0 Å². The minimum Gasteiger partial charge on any atom is -0.497 e. The predicted octanol–water partition coefficient (Wildman–Crippen LogP) is 3.82. The third-order valence-corrected chi connectivity index (χ3v) is 4.75. The van der Waals surface area contributed by atoms with Crippen molar-refractivity contribution < 1.29 is 27.5 Å². The van der Waals surface area contributed by atoms with Gasteiger partial charge in [0.05, 0.1) is 20.2 Å². The molecule has 0 saturated heterocycles. The molecule has 0 spiro atoms. The molecular formula is C21H26F3N3O3. The molecule has 9 heteroatoms. The van der Waals surface area contributed by atoms with E-state index in [0.717, 1.165) is 4.57 Å². The Balaban J connectivity index is 2.04. The van der Waals surface area contributed by atoms with Crippen molar-refractivity contribution in [3.05, 3.63) is 47.3 Å². The van der Waals surface area contributed by atoms with Crippen molar-refractivity contribution in [2.45, 2.75) is 33.5 Å². The number of carbonyl (C=O) groups is 2. The second-order valence-electron chi connectivity index (χ2n) is 6.99. The van der Waals surface area contributed by atoms with Gasteiger partial charge in [0.2, 0.25) is 5.91 Å². The summed E-state index contributed by atoms with van der Waals surface area (Å²) < 4.78 is 44.5. The number of amides is 1. The van der Waals surface area contributed by atoms with Crippen LogP contribution < -0.4 is 10.1 Å². The van der Waals surface area contributed by atoms with Crippen LogP contribution in [0.1, 0.15) is 28.7 Å². The summed E-state index contributed by atoms with van der Waals surface area (Å²) in [6.07, 6.45) is -4.37. The van der Waals surface area contributed by atoms with E-state index in [1.807, 2.05) is 0 Å². The van der Waals surface area contributed by atoms with Gasteiger partial charge in [0, 0.05) is 28.7 Å². The summed E-state index contributed by atoms with van der Waals surface area (Å²) in [6.45, 7) is 4.03. The second-order valence-corrected chi connectivity index (χ2v) is 6.99. The van der Waals surface area contributed by atoms with Gasteiger partial charge in [-0.1, -0.05) is 13.0 Å². The Morgan fingerprint density at radius 1 is 1.17 bits per heavy atom. The number of benzene rings is 1.